The van der Waals surface area contributed by atoms with Crippen molar-refractivity contribution in [3.63, 3.8) is 0 Å². The van der Waals surface area contributed by atoms with E-state index in [-0.39, 0.29) is 0 Å². The molecule has 2 nitrogen and oxygen atoms in total. The van der Waals surface area contributed by atoms with E-state index in [4.69, 9.17) is 0 Å². The first-order valence-corrected chi connectivity index (χ1v) is 4.53. The number of rotatable bonds is 4. The van der Waals surface area contributed by atoms with Gasteiger partial charge in [0, 0.05) is 12.7 Å². The fourth-order valence-corrected chi connectivity index (χ4v) is 1.05. The number of halogens is 2. The normalized spacial score (nSPS) is 13.2. The average Bonchev–Trinajstić information content (AvgIpc) is 2.16. The SMILES string of the molecule is Cc1cccnc1CNC(C)C(F)F. The zero-order valence-electron chi connectivity index (χ0n) is 8.30. The minimum atomic E-state index is -2.33. The Kier molecular flexibility index (Phi) is 3.95. The summed E-state index contributed by atoms with van der Waals surface area (Å²) < 4.78 is 24.3. The molecular formula is C10H14F2N2. The van der Waals surface area contributed by atoms with E-state index in [2.05, 4.69) is 10.3 Å². The second kappa shape index (κ2) is 5.00. The Bertz CT molecular complexity index is 289. The van der Waals surface area contributed by atoms with Gasteiger partial charge in [0.25, 0.3) is 6.43 Å². The van der Waals surface area contributed by atoms with Crippen LogP contribution in [0.1, 0.15) is 18.2 Å². The summed E-state index contributed by atoms with van der Waals surface area (Å²) in [6.45, 7) is 3.76. The van der Waals surface area contributed by atoms with E-state index in [1.54, 1.807) is 6.20 Å². The highest BCUT2D eigenvalue weighted by Gasteiger charge is 2.13. The van der Waals surface area contributed by atoms with Gasteiger partial charge in [-0.15, -0.1) is 0 Å². The van der Waals surface area contributed by atoms with Gasteiger partial charge in [-0.2, -0.15) is 0 Å². The summed E-state index contributed by atoms with van der Waals surface area (Å²) in [5.74, 6) is 0. The van der Waals surface area contributed by atoms with Crippen molar-refractivity contribution in [1.29, 1.82) is 0 Å². The fraction of sp³-hybridized carbons (Fsp3) is 0.500. The third-order valence-electron chi connectivity index (χ3n) is 2.09. The van der Waals surface area contributed by atoms with Crippen LogP contribution in [0.15, 0.2) is 18.3 Å². The molecule has 4 heteroatoms. The van der Waals surface area contributed by atoms with Gasteiger partial charge in [-0.25, -0.2) is 8.78 Å². The van der Waals surface area contributed by atoms with Crippen LogP contribution in [0.25, 0.3) is 0 Å². The lowest BCUT2D eigenvalue weighted by Gasteiger charge is -2.12. The largest absolute Gasteiger partial charge is 0.303 e. The molecule has 14 heavy (non-hydrogen) atoms. The van der Waals surface area contributed by atoms with Gasteiger partial charge in [0.15, 0.2) is 0 Å². The highest BCUT2D eigenvalue weighted by Crippen LogP contribution is 2.05. The van der Waals surface area contributed by atoms with Crippen molar-refractivity contribution in [2.24, 2.45) is 0 Å². The molecule has 1 heterocycles. The Morgan fingerprint density at radius 2 is 2.21 bits per heavy atom. The Morgan fingerprint density at radius 1 is 1.50 bits per heavy atom. The molecule has 0 bridgehead atoms. The molecule has 0 aliphatic carbocycles. The Hall–Kier alpha value is -1.03. The van der Waals surface area contributed by atoms with Crippen LogP contribution in [0, 0.1) is 6.92 Å². The van der Waals surface area contributed by atoms with Gasteiger partial charge in [0.2, 0.25) is 0 Å². The number of nitrogens with zero attached hydrogens (tertiary/aromatic N) is 1. The van der Waals surface area contributed by atoms with Gasteiger partial charge in [0.1, 0.15) is 0 Å². The number of hydrogen-bond acceptors (Lipinski definition) is 2. The summed E-state index contributed by atoms with van der Waals surface area (Å²) in [6.07, 6.45) is -0.670. The average molecular weight is 200 g/mol. The maximum Gasteiger partial charge on any atom is 0.253 e. The van der Waals surface area contributed by atoms with Crippen molar-refractivity contribution in [3.05, 3.63) is 29.6 Å². The third-order valence-corrected chi connectivity index (χ3v) is 2.09. The molecule has 1 aromatic heterocycles. The van der Waals surface area contributed by atoms with Gasteiger partial charge in [-0.1, -0.05) is 6.07 Å². The third kappa shape index (κ3) is 3.03. The monoisotopic (exact) mass is 200 g/mol. The number of aromatic nitrogens is 1. The molecule has 1 atom stereocenters. The van der Waals surface area contributed by atoms with Crippen LogP contribution in [0.3, 0.4) is 0 Å². The molecule has 0 saturated heterocycles. The van der Waals surface area contributed by atoms with E-state index >= 15 is 0 Å². The number of alkyl halides is 2. The van der Waals surface area contributed by atoms with Crippen LogP contribution in [-0.4, -0.2) is 17.5 Å². The van der Waals surface area contributed by atoms with E-state index in [9.17, 15) is 8.78 Å². The van der Waals surface area contributed by atoms with Crippen LogP contribution in [0.4, 0.5) is 8.78 Å². The molecule has 0 spiro atoms. The van der Waals surface area contributed by atoms with Gasteiger partial charge in [0.05, 0.1) is 11.7 Å². The number of nitrogens with one attached hydrogen (secondary N) is 1. The summed E-state index contributed by atoms with van der Waals surface area (Å²) >= 11 is 0. The van der Waals surface area contributed by atoms with E-state index < -0.39 is 12.5 Å². The van der Waals surface area contributed by atoms with Crippen molar-refractivity contribution in [2.75, 3.05) is 0 Å². The van der Waals surface area contributed by atoms with E-state index in [1.807, 2.05) is 19.1 Å². The molecule has 1 unspecified atom stereocenters. The zero-order valence-corrected chi connectivity index (χ0v) is 8.30. The Labute approximate surface area is 82.4 Å². The maximum absolute atomic E-state index is 12.1. The van der Waals surface area contributed by atoms with Crippen molar-refractivity contribution in [2.45, 2.75) is 32.9 Å². The first-order valence-electron chi connectivity index (χ1n) is 4.53. The molecule has 1 N–H and O–H groups in total. The van der Waals surface area contributed by atoms with Crippen LogP contribution in [-0.2, 0) is 6.54 Å². The van der Waals surface area contributed by atoms with Gasteiger partial charge < -0.3 is 5.32 Å². The first kappa shape index (κ1) is 11.0. The lowest BCUT2D eigenvalue weighted by atomic mass is 10.2. The highest BCUT2D eigenvalue weighted by molar-refractivity contribution is 5.17. The number of aryl methyl sites for hydroxylation is 1. The predicted octanol–water partition coefficient (Wildman–Crippen LogP) is 2.13. The quantitative estimate of drug-likeness (QED) is 0.805. The standard InChI is InChI=1S/C10H14F2N2/c1-7-4-3-5-13-9(7)6-14-8(2)10(11)12/h3-5,8,10,14H,6H2,1-2H3. The van der Waals surface area contributed by atoms with Crippen LogP contribution in [0.5, 0.6) is 0 Å². The van der Waals surface area contributed by atoms with Crippen molar-refractivity contribution in [1.82, 2.24) is 10.3 Å². The number of hydrogen-bond donors (Lipinski definition) is 1. The van der Waals surface area contributed by atoms with E-state index in [0.29, 0.717) is 6.54 Å². The van der Waals surface area contributed by atoms with Crippen LogP contribution >= 0.6 is 0 Å². The van der Waals surface area contributed by atoms with Gasteiger partial charge in [-0.3, -0.25) is 4.98 Å². The summed E-state index contributed by atoms with van der Waals surface area (Å²) in [5.41, 5.74) is 1.83. The molecule has 0 saturated carbocycles. The topological polar surface area (TPSA) is 24.9 Å². The lowest BCUT2D eigenvalue weighted by molar-refractivity contribution is 0.105. The lowest BCUT2D eigenvalue weighted by Crippen LogP contribution is -2.32. The maximum atomic E-state index is 12.1. The second-order valence-corrected chi connectivity index (χ2v) is 3.27. The molecule has 1 aromatic rings. The second-order valence-electron chi connectivity index (χ2n) is 3.27. The first-order chi connectivity index (χ1) is 6.61. The minimum Gasteiger partial charge on any atom is -0.303 e. The van der Waals surface area contributed by atoms with Crippen molar-refractivity contribution >= 4 is 0 Å². The minimum absolute atomic E-state index is 0.387. The van der Waals surface area contributed by atoms with Crippen LogP contribution < -0.4 is 5.32 Å². The summed E-state index contributed by atoms with van der Waals surface area (Å²) in [6, 6.07) is 2.95. The molecule has 0 fully saturated rings. The van der Waals surface area contributed by atoms with Gasteiger partial charge in [-0.05, 0) is 25.5 Å². The summed E-state index contributed by atoms with van der Waals surface area (Å²) in [7, 11) is 0. The Balaban J connectivity index is 2.50. The summed E-state index contributed by atoms with van der Waals surface area (Å²) in [5, 5.41) is 2.73. The smallest absolute Gasteiger partial charge is 0.253 e. The predicted molar refractivity (Wildman–Crippen MR) is 51.3 cm³/mol. The number of pyridine rings is 1. The van der Waals surface area contributed by atoms with Crippen LogP contribution in [0.2, 0.25) is 0 Å². The fourth-order valence-electron chi connectivity index (χ4n) is 1.05. The molecule has 0 radical (unpaired) electrons. The van der Waals surface area contributed by atoms with E-state index in [0.717, 1.165) is 11.3 Å². The molecule has 0 aliphatic rings. The molecule has 1 rings (SSSR count). The summed E-state index contributed by atoms with van der Waals surface area (Å²) in [4.78, 5) is 4.10. The molecule has 0 aromatic carbocycles. The van der Waals surface area contributed by atoms with E-state index in [1.165, 1.54) is 6.92 Å². The zero-order chi connectivity index (χ0) is 10.6. The highest BCUT2D eigenvalue weighted by atomic mass is 19.3. The van der Waals surface area contributed by atoms with Crippen molar-refractivity contribution in [3.8, 4) is 0 Å². The molecule has 78 valence electrons. The molecule has 0 amide bonds. The molecular weight excluding hydrogens is 186 g/mol. The molecule has 0 aliphatic heterocycles. The van der Waals surface area contributed by atoms with Crippen molar-refractivity contribution < 1.29 is 8.78 Å². The van der Waals surface area contributed by atoms with Gasteiger partial charge >= 0.3 is 0 Å². The Morgan fingerprint density at radius 3 is 2.79 bits per heavy atom.